The van der Waals surface area contributed by atoms with Gasteiger partial charge < -0.3 is 10.7 Å². The molecule has 0 unspecified atom stereocenters. The van der Waals surface area contributed by atoms with Crippen molar-refractivity contribution in [3.8, 4) is 0 Å². The van der Waals surface area contributed by atoms with Gasteiger partial charge in [0.2, 0.25) is 5.91 Å². The Balaban J connectivity index is 2.47. The first kappa shape index (κ1) is 10.8. The van der Waals surface area contributed by atoms with Crippen LogP contribution >= 0.6 is 0 Å². The first-order valence-electron chi connectivity index (χ1n) is 5.75. The summed E-state index contributed by atoms with van der Waals surface area (Å²) in [5.41, 5.74) is 9.65. The number of nitrogens with zero attached hydrogens (tertiary/aromatic N) is 1. The lowest BCUT2D eigenvalue weighted by Crippen LogP contribution is -2.12. The topological polar surface area (TPSA) is 71.8 Å². The van der Waals surface area contributed by atoms with Crippen molar-refractivity contribution in [1.29, 1.82) is 0 Å². The monoisotopic (exact) mass is 239 g/mol. The van der Waals surface area contributed by atoms with Crippen molar-refractivity contribution in [3.63, 3.8) is 0 Å². The molecule has 2 aromatic heterocycles. The van der Waals surface area contributed by atoms with Gasteiger partial charge in [0.1, 0.15) is 5.65 Å². The largest absolute Gasteiger partial charge is 0.366 e. The van der Waals surface area contributed by atoms with E-state index < -0.39 is 5.91 Å². The molecule has 4 heteroatoms. The molecule has 0 aliphatic heterocycles. The number of carbonyl (C=O) groups is 1. The highest BCUT2D eigenvalue weighted by molar-refractivity contribution is 6.10. The van der Waals surface area contributed by atoms with Crippen molar-refractivity contribution in [1.82, 2.24) is 9.97 Å². The molecule has 90 valence electrons. The highest BCUT2D eigenvalue weighted by Crippen LogP contribution is 2.28. The molecular weight excluding hydrogens is 226 g/mol. The summed E-state index contributed by atoms with van der Waals surface area (Å²) in [5, 5.41) is 2.15. The minimum absolute atomic E-state index is 0.405. The quantitative estimate of drug-likeness (QED) is 0.684. The lowest BCUT2D eigenvalue weighted by atomic mass is 10.0. The fraction of sp³-hybridized carbons (Fsp3) is 0.143. The van der Waals surface area contributed by atoms with E-state index in [1.807, 2.05) is 26.1 Å². The summed E-state index contributed by atoms with van der Waals surface area (Å²) < 4.78 is 0. The first-order chi connectivity index (χ1) is 8.58. The van der Waals surface area contributed by atoms with E-state index in [1.165, 1.54) is 0 Å². The molecule has 0 fully saturated rings. The number of pyridine rings is 1. The van der Waals surface area contributed by atoms with Gasteiger partial charge in [0.15, 0.2) is 0 Å². The normalized spacial score (nSPS) is 11.2. The van der Waals surface area contributed by atoms with Crippen molar-refractivity contribution in [2.45, 2.75) is 13.8 Å². The highest BCUT2D eigenvalue weighted by atomic mass is 16.1. The molecule has 0 aliphatic carbocycles. The molecule has 0 atom stereocenters. The number of fused-ring (bicyclic) bond motifs is 3. The van der Waals surface area contributed by atoms with Gasteiger partial charge >= 0.3 is 0 Å². The molecular formula is C14H13N3O. The Labute approximate surface area is 104 Å². The lowest BCUT2D eigenvalue weighted by Gasteiger charge is -2.02. The van der Waals surface area contributed by atoms with E-state index in [9.17, 15) is 4.79 Å². The molecule has 0 spiro atoms. The molecule has 1 amide bonds. The SMILES string of the molecule is Cc1cnc2[nH]c3c(C)c(C(N)=O)ccc3c2c1. The van der Waals surface area contributed by atoms with Crippen molar-refractivity contribution < 1.29 is 4.79 Å². The van der Waals surface area contributed by atoms with Crippen LogP contribution in [-0.2, 0) is 0 Å². The maximum absolute atomic E-state index is 11.3. The number of benzene rings is 1. The third-order valence-electron chi connectivity index (χ3n) is 3.29. The van der Waals surface area contributed by atoms with Gasteiger partial charge in [-0.1, -0.05) is 6.07 Å². The lowest BCUT2D eigenvalue weighted by molar-refractivity contribution is 0.1000. The fourth-order valence-corrected chi connectivity index (χ4v) is 2.36. The predicted octanol–water partition coefficient (Wildman–Crippen LogP) is 2.43. The highest BCUT2D eigenvalue weighted by Gasteiger charge is 2.12. The average Bonchev–Trinajstić information content (AvgIpc) is 2.68. The van der Waals surface area contributed by atoms with E-state index in [0.29, 0.717) is 5.56 Å². The molecule has 2 heterocycles. The average molecular weight is 239 g/mol. The van der Waals surface area contributed by atoms with E-state index in [4.69, 9.17) is 5.73 Å². The second kappa shape index (κ2) is 3.57. The zero-order valence-corrected chi connectivity index (χ0v) is 10.2. The van der Waals surface area contributed by atoms with Gasteiger partial charge in [-0.2, -0.15) is 0 Å². The van der Waals surface area contributed by atoms with Gasteiger partial charge in [0.05, 0.1) is 5.52 Å². The molecule has 0 bridgehead atoms. The molecule has 4 nitrogen and oxygen atoms in total. The number of aromatic amines is 1. The number of primary amides is 1. The Morgan fingerprint density at radius 3 is 2.78 bits per heavy atom. The van der Waals surface area contributed by atoms with E-state index in [2.05, 4.69) is 16.0 Å². The molecule has 3 rings (SSSR count). The smallest absolute Gasteiger partial charge is 0.249 e. The van der Waals surface area contributed by atoms with Crippen LogP contribution < -0.4 is 5.73 Å². The number of rotatable bonds is 1. The molecule has 0 radical (unpaired) electrons. The number of H-pyrrole nitrogens is 1. The third kappa shape index (κ3) is 1.39. The Bertz CT molecular complexity index is 786. The second-order valence-electron chi connectivity index (χ2n) is 4.56. The Kier molecular flexibility index (Phi) is 2.13. The summed E-state index contributed by atoms with van der Waals surface area (Å²) in [5.74, 6) is -0.405. The number of hydrogen-bond acceptors (Lipinski definition) is 2. The molecule has 18 heavy (non-hydrogen) atoms. The van der Waals surface area contributed by atoms with Crippen molar-refractivity contribution >= 4 is 27.8 Å². The van der Waals surface area contributed by atoms with Gasteiger partial charge in [0.25, 0.3) is 0 Å². The molecule has 3 aromatic rings. The van der Waals surface area contributed by atoms with E-state index in [1.54, 1.807) is 6.07 Å². The number of amides is 1. The number of hydrogen-bond donors (Lipinski definition) is 2. The minimum atomic E-state index is -0.405. The van der Waals surface area contributed by atoms with Gasteiger partial charge in [0, 0.05) is 22.5 Å². The summed E-state index contributed by atoms with van der Waals surface area (Å²) in [4.78, 5) is 18.9. The van der Waals surface area contributed by atoms with Crippen LogP contribution in [0.25, 0.3) is 21.9 Å². The van der Waals surface area contributed by atoms with Crippen molar-refractivity contribution in [2.24, 2.45) is 5.73 Å². The van der Waals surface area contributed by atoms with Crippen LogP contribution in [0, 0.1) is 13.8 Å². The maximum atomic E-state index is 11.3. The van der Waals surface area contributed by atoms with Crippen LogP contribution in [0.3, 0.4) is 0 Å². The zero-order valence-electron chi connectivity index (χ0n) is 10.2. The molecule has 0 aliphatic rings. The molecule has 0 saturated heterocycles. The summed E-state index contributed by atoms with van der Waals surface area (Å²) in [6.07, 6.45) is 1.82. The summed E-state index contributed by atoms with van der Waals surface area (Å²) in [6, 6.07) is 5.78. The number of carbonyl (C=O) groups excluding carboxylic acids is 1. The number of nitrogens with one attached hydrogen (secondary N) is 1. The van der Waals surface area contributed by atoms with Crippen LogP contribution in [0.5, 0.6) is 0 Å². The summed E-state index contributed by atoms with van der Waals surface area (Å²) in [6.45, 7) is 3.90. The van der Waals surface area contributed by atoms with Gasteiger partial charge in [-0.3, -0.25) is 4.79 Å². The van der Waals surface area contributed by atoms with Crippen LogP contribution in [-0.4, -0.2) is 15.9 Å². The fourth-order valence-electron chi connectivity index (χ4n) is 2.36. The maximum Gasteiger partial charge on any atom is 0.249 e. The first-order valence-corrected chi connectivity index (χ1v) is 5.75. The molecule has 3 N–H and O–H groups in total. The number of nitrogens with two attached hydrogens (primary N) is 1. The Morgan fingerprint density at radius 2 is 2.06 bits per heavy atom. The molecule has 1 aromatic carbocycles. The van der Waals surface area contributed by atoms with Crippen molar-refractivity contribution in [2.75, 3.05) is 0 Å². The van der Waals surface area contributed by atoms with Gasteiger partial charge in [-0.05, 0) is 37.1 Å². The van der Waals surface area contributed by atoms with Crippen LogP contribution in [0.2, 0.25) is 0 Å². The van der Waals surface area contributed by atoms with Crippen LogP contribution in [0.4, 0.5) is 0 Å². The summed E-state index contributed by atoms with van der Waals surface area (Å²) >= 11 is 0. The predicted molar refractivity (Wildman–Crippen MR) is 71.6 cm³/mol. The zero-order chi connectivity index (χ0) is 12.9. The Morgan fingerprint density at radius 1 is 1.28 bits per heavy atom. The van der Waals surface area contributed by atoms with E-state index in [0.717, 1.165) is 33.1 Å². The number of aromatic nitrogens is 2. The Hall–Kier alpha value is -2.36. The standard InChI is InChI=1S/C14H13N3O/c1-7-5-11-10-4-3-9(13(15)18)8(2)12(10)17-14(11)16-6-7/h3-6H,1-2H3,(H2,15,18)(H,16,17). The third-order valence-corrected chi connectivity index (χ3v) is 3.29. The molecule has 0 saturated carbocycles. The van der Waals surface area contributed by atoms with E-state index in [-0.39, 0.29) is 0 Å². The summed E-state index contributed by atoms with van der Waals surface area (Å²) in [7, 11) is 0. The second-order valence-corrected chi connectivity index (χ2v) is 4.56. The van der Waals surface area contributed by atoms with E-state index >= 15 is 0 Å². The van der Waals surface area contributed by atoms with Crippen LogP contribution in [0.15, 0.2) is 24.4 Å². The van der Waals surface area contributed by atoms with Gasteiger partial charge in [-0.25, -0.2) is 4.98 Å². The minimum Gasteiger partial charge on any atom is -0.366 e. The van der Waals surface area contributed by atoms with Crippen molar-refractivity contribution in [3.05, 3.63) is 41.1 Å². The van der Waals surface area contributed by atoms with Crippen LogP contribution in [0.1, 0.15) is 21.5 Å². The van der Waals surface area contributed by atoms with Gasteiger partial charge in [-0.15, -0.1) is 0 Å². The number of aryl methyl sites for hydroxylation is 2.